The molecule has 1 aromatic heterocycles. The molecule has 0 aliphatic carbocycles. The van der Waals surface area contributed by atoms with Gasteiger partial charge in [-0.1, -0.05) is 0 Å². The lowest BCUT2D eigenvalue weighted by Crippen LogP contribution is -2.46. The van der Waals surface area contributed by atoms with Gasteiger partial charge >= 0.3 is 12.0 Å². The maximum atomic E-state index is 11.9. The van der Waals surface area contributed by atoms with Crippen LogP contribution < -0.4 is 5.32 Å². The van der Waals surface area contributed by atoms with E-state index in [1.165, 1.54) is 28.0 Å². The molecule has 0 spiro atoms. The first kappa shape index (κ1) is 13.7. The molecule has 18 heavy (non-hydrogen) atoms. The van der Waals surface area contributed by atoms with Gasteiger partial charge in [0.05, 0.1) is 12.4 Å². The van der Waals surface area contributed by atoms with Crippen LogP contribution in [-0.4, -0.2) is 39.7 Å². The molecule has 2 rings (SSSR count). The standard InChI is InChI=1S/C10H11BrN2O3S2/c11-6-1-2-18-8(6)3-12-10(16)13-5-17-4-7(13)9(14)15/h1-2,7H,3-5H2,(H,12,16)(H,14,15)/t7-/m0/s1. The van der Waals surface area contributed by atoms with Gasteiger partial charge in [-0.25, -0.2) is 9.59 Å². The molecule has 8 heteroatoms. The van der Waals surface area contributed by atoms with Crippen molar-refractivity contribution in [3.63, 3.8) is 0 Å². The van der Waals surface area contributed by atoms with Gasteiger partial charge in [0, 0.05) is 15.1 Å². The molecule has 0 aromatic carbocycles. The number of thioether (sulfide) groups is 1. The van der Waals surface area contributed by atoms with Crippen molar-refractivity contribution in [3.05, 3.63) is 20.8 Å². The molecule has 0 unspecified atom stereocenters. The van der Waals surface area contributed by atoms with Gasteiger partial charge in [0.25, 0.3) is 0 Å². The Labute approximate surface area is 121 Å². The molecule has 1 fully saturated rings. The summed E-state index contributed by atoms with van der Waals surface area (Å²) < 4.78 is 0.957. The van der Waals surface area contributed by atoms with Crippen LogP contribution >= 0.6 is 39.0 Å². The first-order valence-corrected chi connectivity index (χ1v) is 7.99. The molecule has 2 heterocycles. The normalized spacial score (nSPS) is 18.9. The Morgan fingerprint density at radius 1 is 1.61 bits per heavy atom. The van der Waals surface area contributed by atoms with Crippen molar-refractivity contribution in [2.45, 2.75) is 12.6 Å². The molecule has 0 saturated carbocycles. The third-order valence-corrected chi connectivity index (χ3v) is 5.46. The minimum absolute atomic E-state index is 0.326. The van der Waals surface area contributed by atoms with E-state index < -0.39 is 12.0 Å². The van der Waals surface area contributed by atoms with Crippen LogP contribution in [0.15, 0.2) is 15.9 Å². The minimum atomic E-state index is -0.951. The topological polar surface area (TPSA) is 69.6 Å². The third kappa shape index (κ3) is 2.99. The molecule has 5 nitrogen and oxygen atoms in total. The average molecular weight is 351 g/mol. The van der Waals surface area contributed by atoms with Crippen LogP contribution in [0.1, 0.15) is 4.88 Å². The fraction of sp³-hybridized carbons (Fsp3) is 0.400. The van der Waals surface area contributed by atoms with E-state index in [0.29, 0.717) is 18.2 Å². The van der Waals surface area contributed by atoms with E-state index >= 15 is 0 Å². The van der Waals surface area contributed by atoms with E-state index in [-0.39, 0.29) is 6.03 Å². The van der Waals surface area contributed by atoms with Gasteiger partial charge in [-0.2, -0.15) is 0 Å². The molecule has 1 aromatic rings. The maximum Gasteiger partial charge on any atom is 0.327 e. The highest BCUT2D eigenvalue weighted by atomic mass is 79.9. The number of amides is 2. The van der Waals surface area contributed by atoms with Crippen LogP contribution in [0.5, 0.6) is 0 Å². The van der Waals surface area contributed by atoms with Crippen LogP contribution in [0, 0.1) is 0 Å². The highest BCUT2D eigenvalue weighted by Gasteiger charge is 2.34. The lowest BCUT2D eigenvalue weighted by Gasteiger charge is -2.20. The Kier molecular flexibility index (Phi) is 4.52. The fourth-order valence-electron chi connectivity index (χ4n) is 1.56. The Morgan fingerprint density at radius 3 is 3.00 bits per heavy atom. The van der Waals surface area contributed by atoms with Gasteiger partial charge < -0.3 is 15.3 Å². The summed E-state index contributed by atoms with van der Waals surface area (Å²) >= 11 is 6.37. The monoisotopic (exact) mass is 350 g/mol. The summed E-state index contributed by atoms with van der Waals surface area (Å²) in [5, 5.41) is 13.7. The molecule has 0 bridgehead atoms. The molecule has 1 saturated heterocycles. The highest BCUT2D eigenvalue weighted by Crippen LogP contribution is 2.23. The van der Waals surface area contributed by atoms with E-state index in [2.05, 4.69) is 21.2 Å². The van der Waals surface area contributed by atoms with Gasteiger partial charge in [-0.3, -0.25) is 0 Å². The Bertz CT molecular complexity index is 466. The number of rotatable bonds is 3. The second kappa shape index (κ2) is 5.94. The number of urea groups is 1. The molecular weight excluding hydrogens is 340 g/mol. The van der Waals surface area contributed by atoms with E-state index in [4.69, 9.17) is 5.11 Å². The summed E-state index contributed by atoms with van der Waals surface area (Å²) in [5.74, 6) is -0.0766. The van der Waals surface area contributed by atoms with E-state index in [9.17, 15) is 9.59 Å². The Balaban J connectivity index is 1.92. The van der Waals surface area contributed by atoms with Crippen LogP contribution in [0.25, 0.3) is 0 Å². The summed E-state index contributed by atoms with van der Waals surface area (Å²) in [6, 6.07) is 0.868. The molecule has 2 N–H and O–H groups in total. The summed E-state index contributed by atoms with van der Waals surface area (Å²) in [6.45, 7) is 0.407. The number of nitrogens with zero attached hydrogens (tertiary/aromatic N) is 1. The van der Waals surface area contributed by atoms with Crippen molar-refractivity contribution < 1.29 is 14.7 Å². The number of nitrogens with one attached hydrogen (secondary N) is 1. The van der Waals surface area contributed by atoms with Crippen molar-refractivity contribution in [3.8, 4) is 0 Å². The van der Waals surface area contributed by atoms with Crippen LogP contribution in [0.4, 0.5) is 4.79 Å². The molecule has 1 atom stereocenters. The third-order valence-electron chi connectivity index (χ3n) is 2.52. The number of carboxylic acid groups (broad SMARTS) is 1. The van der Waals surface area contributed by atoms with Crippen LogP contribution in [-0.2, 0) is 11.3 Å². The van der Waals surface area contributed by atoms with Crippen molar-refractivity contribution in [1.82, 2.24) is 10.2 Å². The second-order valence-corrected chi connectivity index (χ2v) is 6.53. The molecule has 1 aliphatic rings. The van der Waals surface area contributed by atoms with Crippen LogP contribution in [0.2, 0.25) is 0 Å². The predicted molar refractivity (Wildman–Crippen MR) is 74.8 cm³/mol. The number of hydrogen-bond acceptors (Lipinski definition) is 4. The number of thiophene rings is 1. The van der Waals surface area contributed by atoms with Gasteiger partial charge in [0.1, 0.15) is 6.04 Å². The molecule has 98 valence electrons. The number of carboxylic acids is 1. The van der Waals surface area contributed by atoms with E-state index in [1.54, 1.807) is 0 Å². The molecular formula is C10H11BrN2O3S2. The Morgan fingerprint density at radius 2 is 2.39 bits per heavy atom. The van der Waals surface area contributed by atoms with Gasteiger partial charge in [0.2, 0.25) is 0 Å². The molecule has 1 aliphatic heterocycles. The van der Waals surface area contributed by atoms with E-state index in [1.807, 2.05) is 11.4 Å². The quantitative estimate of drug-likeness (QED) is 0.876. The number of aliphatic carboxylic acids is 1. The lowest BCUT2D eigenvalue weighted by molar-refractivity contribution is -0.140. The first-order valence-electron chi connectivity index (χ1n) is 5.16. The molecule has 2 amide bonds. The van der Waals surface area contributed by atoms with Crippen LogP contribution in [0.3, 0.4) is 0 Å². The van der Waals surface area contributed by atoms with Crippen molar-refractivity contribution in [2.75, 3.05) is 11.6 Å². The largest absolute Gasteiger partial charge is 0.480 e. The Hall–Kier alpha value is -0.730. The summed E-state index contributed by atoms with van der Waals surface area (Å²) in [5.41, 5.74) is 0. The zero-order valence-corrected chi connectivity index (χ0v) is 12.5. The minimum Gasteiger partial charge on any atom is -0.480 e. The van der Waals surface area contributed by atoms with E-state index in [0.717, 1.165) is 9.35 Å². The number of hydrogen-bond donors (Lipinski definition) is 2. The predicted octanol–water partition coefficient (Wildman–Crippen LogP) is 2.18. The lowest BCUT2D eigenvalue weighted by atomic mass is 10.3. The molecule has 0 radical (unpaired) electrons. The summed E-state index contributed by atoms with van der Waals surface area (Å²) in [4.78, 5) is 25.2. The zero-order valence-electron chi connectivity index (χ0n) is 9.26. The van der Waals surface area contributed by atoms with Gasteiger partial charge in [-0.05, 0) is 27.4 Å². The first-order chi connectivity index (χ1) is 8.59. The highest BCUT2D eigenvalue weighted by molar-refractivity contribution is 9.10. The summed E-state index contributed by atoms with van der Waals surface area (Å²) in [6.07, 6.45) is 0. The number of halogens is 1. The SMILES string of the molecule is O=C(O)[C@@H]1CSCN1C(=O)NCc1sccc1Br. The number of carbonyl (C=O) groups excluding carboxylic acids is 1. The van der Waals surface area contributed by atoms with Crippen molar-refractivity contribution in [1.29, 1.82) is 0 Å². The van der Waals surface area contributed by atoms with Crippen molar-refractivity contribution in [2.24, 2.45) is 0 Å². The number of carbonyl (C=O) groups is 2. The van der Waals surface area contributed by atoms with Gasteiger partial charge in [0.15, 0.2) is 0 Å². The maximum absolute atomic E-state index is 11.9. The van der Waals surface area contributed by atoms with Gasteiger partial charge in [-0.15, -0.1) is 23.1 Å². The fourth-order valence-corrected chi connectivity index (χ4v) is 4.13. The summed E-state index contributed by atoms with van der Waals surface area (Å²) in [7, 11) is 0. The zero-order chi connectivity index (χ0) is 13.1. The average Bonchev–Trinajstić information content (AvgIpc) is 2.94. The second-order valence-electron chi connectivity index (χ2n) is 3.67. The van der Waals surface area contributed by atoms with Crippen molar-refractivity contribution >= 4 is 51.0 Å². The smallest absolute Gasteiger partial charge is 0.327 e.